The zero-order valence-corrected chi connectivity index (χ0v) is 10.7. The van der Waals surface area contributed by atoms with E-state index in [1.165, 1.54) is 11.6 Å². The highest BCUT2D eigenvalue weighted by atomic mass is 16.1. The molecule has 0 saturated heterocycles. The summed E-state index contributed by atoms with van der Waals surface area (Å²) in [7, 11) is 0. The average Bonchev–Trinajstić information content (AvgIpc) is 2.38. The highest BCUT2D eigenvalue weighted by molar-refractivity contribution is 6.05. The number of hydrogen-bond acceptors (Lipinski definition) is 1. The molecule has 0 unspecified atom stereocenters. The highest BCUT2D eigenvalue weighted by Gasteiger charge is 2.05. The Balaban J connectivity index is 2.50. The predicted octanol–water partition coefficient (Wildman–Crippen LogP) is 4.09. The first-order valence-electron chi connectivity index (χ1n) is 6.08. The van der Waals surface area contributed by atoms with E-state index in [0.717, 1.165) is 16.5 Å². The van der Waals surface area contributed by atoms with E-state index in [1.807, 2.05) is 12.1 Å². The quantitative estimate of drug-likeness (QED) is 0.803. The molecule has 0 bridgehead atoms. The Labute approximate surface area is 107 Å². The SMILES string of the molecule is C=CC(=O)Nc1cccc2cc(C(C)C)ccc12. The maximum Gasteiger partial charge on any atom is 0.247 e. The summed E-state index contributed by atoms with van der Waals surface area (Å²) < 4.78 is 0. The van der Waals surface area contributed by atoms with Crippen LogP contribution in [0.2, 0.25) is 0 Å². The molecule has 92 valence electrons. The van der Waals surface area contributed by atoms with E-state index in [4.69, 9.17) is 0 Å². The number of hydrogen-bond donors (Lipinski definition) is 1. The van der Waals surface area contributed by atoms with E-state index in [2.05, 4.69) is 50.0 Å². The Kier molecular flexibility index (Phi) is 3.47. The normalized spacial score (nSPS) is 10.6. The third kappa shape index (κ3) is 2.43. The Morgan fingerprint density at radius 3 is 2.72 bits per heavy atom. The molecule has 0 aliphatic rings. The molecule has 2 aromatic carbocycles. The van der Waals surface area contributed by atoms with E-state index < -0.39 is 0 Å². The first-order valence-corrected chi connectivity index (χ1v) is 6.08. The second-order valence-electron chi connectivity index (χ2n) is 4.63. The zero-order chi connectivity index (χ0) is 13.1. The number of anilines is 1. The summed E-state index contributed by atoms with van der Waals surface area (Å²) in [5.74, 6) is 0.316. The Morgan fingerprint density at radius 1 is 1.28 bits per heavy atom. The number of nitrogens with one attached hydrogen (secondary N) is 1. The number of rotatable bonds is 3. The lowest BCUT2D eigenvalue weighted by Crippen LogP contribution is -2.07. The van der Waals surface area contributed by atoms with Crippen LogP contribution in [-0.2, 0) is 4.79 Å². The van der Waals surface area contributed by atoms with Crippen molar-refractivity contribution in [2.24, 2.45) is 0 Å². The van der Waals surface area contributed by atoms with Crippen LogP contribution in [-0.4, -0.2) is 5.91 Å². The van der Waals surface area contributed by atoms with Crippen LogP contribution >= 0.6 is 0 Å². The maximum absolute atomic E-state index is 11.4. The van der Waals surface area contributed by atoms with E-state index in [-0.39, 0.29) is 5.91 Å². The van der Waals surface area contributed by atoms with Gasteiger partial charge in [-0.3, -0.25) is 4.79 Å². The Morgan fingerprint density at radius 2 is 2.06 bits per heavy atom. The van der Waals surface area contributed by atoms with Crippen molar-refractivity contribution in [3.05, 3.63) is 54.6 Å². The summed E-state index contributed by atoms with van der Waals surface area (Å²) in [5, 5.41) is 5.02. The first kappa shape index (κ1) is 12.4. The highest BCUT2D eigenvalue weighted by Crippen LogP contribution is 2.26. The van der Waals surface area contributed by atoms with Crippen LogP contribution in [0.1, 0.15) is 25.3 Å². The second-order valence-corrected chi connectivity index (χ2v) is 4.63. The summed E-state index contributed by atoms with van der Waals surface area (Å²) in [4.78, 5) is 11.4. The molecule has 2 rings (SSSR count). The van der Waals surface area contributed by atoms with Gasteiger partial charge in [-0.25, -0.2) is 0 Å². The number of fused-ring (bicyclic) bond motifs is 1. The van der Waals surface area contributed by atoms with Crippen molar-refractivity contribution in [2.75, 3.05) is 5.32 Å². The van der Waals surface area contributed by atoms with Gasteiger partial charge in [0.05, 0.1) is 0 Å². The van der Waals surface area contributed by atoms with Crippen LogP contribution in [0.25, 0.3) is 10.8 Å². The lowest BCUT2D eigenvalue weighted by atomic mass is 9.98. The summed E-state index contributed by atoms with van der Waals surface area (Å²) in [6, 6.07) is 12.2. The standard InChI is InChI=1S/C16H17NO/c1-4-16(18)17-15-7-5-6-13-10-12(11(2)3)8-9-14(13)15/h4-11H,1H2,2-3H3,(H,17,18). The van der Waals surface area contributed by atoms with Crippen molar-refractivity contribution in [3.8, 4) is 0 Å². The van der Waals surface area contributed by atoms with Crippen LogP contribution in [0.4, 0.5) is 5.69 Å². The van der Waals surface area contributed by atoms with Crippen LogP contribution < -0.4 is 5.32 Å². The molecule has 0 atom stereocenters. The van der Waals surface area contributed by atoms with Crippen molar-refractivity contribution >= 4 is 22.4 Å². The summed E-state index contributed by atoms with van der Waals surface area (Å²) >= 11 is 0. The molecule has 0 aliphatic carbocycles. The lowest BCUT2D eigenvalue weighted by molar-refractivity contribution is -0.111. The first-order chi connectivity index (χ1) is 8.61. The minimum Gasteiger partial charge on any atom is -0.322 e. The van der Waals surface area contributed by atoms with Gasteiger partial charge in [-0.15, -0.1) is 0 Å². The van der Waals surface area contributed by atoms with Crippen LogP contribution in [0.5, 0.6) is 0 Å². The van der Waals surface area contributed by atoms with Crippen LogP contribution in [0.15, 0.2) is 49.1 Å². The molecule has 0 heterocycles. The Bertz CT molecular complexity index is 599. The average molecular weight is 239 g/mol. The lowest BCUT2D eigenvalue weighted by Gasteiger charge is -2.10. The van der Waals surface area contributed by atoms with E-state index in [1.54, 1.807) is 0 Å². The van der Waals surface area contributed by atoms with Gasteiger partial charge in [0.1, 0.15) is 0 Å². The van der Waals surface area contributed by atoms with Crippen molar-refractivity contribution in [3.63, 3.8) is 0 Å². The molecule has 2 heteroatoms. The molecular weight excluding hydrogens is 222 g/mol. The fourth-order valence-corrected chi connectivity index (χ4v) is 1.95. The fraction of sp³-hybridized carbons (Fsp3) is 0.188. The molecular formula is C16H17NO. The monoisotopic (exact) mass is 239 g/mol. The van der Waals surface area contributed by atoms with Gasteiger partial charge < -0.3 is 5.32 Å². The van der Waals surface area contributed by atoms with E-state index in [0.29, 0.717) is 5.92 Å². The molecule has 18 heavy (non-hydrogen) atoms. The number of benzene rings is 2. The molecule has 0 aromatic heterocycles. The van der Waals surface area contributed by atoms with Crippen molar-refractivity contribution in [1.29, 1.82) is 0 Å². The molecule has 0 aliphatic heterocycles. The smallest absolute Gasteiger partial charge is 0.247 e. The minimum atomic E-state index is -0.185. The van der Waals surface area contributed by atoms with Gasteiger partial charge in [0.25, 0.3) is 0 Å². The zero-order valence-electron chi connectivity index (χ0n) is 10.7. The molecule has 0 saturated carbocycles. The molecule has 1 N–H and O–H groups in total. The van der Waals surface area contributed by atoms with E-state index >= 15 is 0 Å². The number of carbonyl (C=O) groups excluding carboxylic acids is 1. The number of carbonyl (C=O) groups is 1. The second kappa shape index (κ2) is 5.05. The molecule has 0 radical (unpaired) electrons. The Hall–Kier alpha value is -2.09. The molecule has 1 amide bonds. The van der Waals surface area contributed by atoms with Gasteiger partial charge in [0.2, 0.25) is 5.91 Å². The van der Waals surface area contributed by atoms with Gasteiger partial charge >= 0.3 is 0 Å². The minimum absolute atomic E-state index is 0.185. The van der Waals surface area contributed by atoms with Gasteiger partial charge in [-0.05, 0) is 29.0 Å². The van der Waals surface area contributed by atoms with Crippen molar-refractivity contribution in [1.82, 2.24) is 0 Å². The van der Waals surface area contributed by atoms with Gasteiger partial charge in [0.15, 0.2) is 0 Å². The largest absolute Gasteiger partial charge is 0.322 e. The molecule has 0 spiro atoms. The van der Waals surface area contributed by atoms with Crippen molar-refractivity contribution in [2.45, 2.75) is 19.8 Å². The molecule has 2 aromatic rings. The summed E-state index contributed by atoms with van der Waals surface area (Å²) in [6.45, 7) is 7.80. The van der Waals surface area contributed by atoms with Gasteiger partial charge in [0, 0.05) is 11.1 Å². The van der Waals surface area contributed by atoms with Crippen LogP contribution in [0.3, 0.4) is 0 Å². The van der Waals surface area contributed by atoms with E-state index in [9.17, 15) is 4.79 Å². The third-order valence-electron chi connectivity index (χ3n) is 3.01. The van der Waals surface area contributed by atoms with Crippen LogP contribution in [0, 0.1) is 0 Å². The number of amides is 1. The topological polar surface area (TPSA) is 29.1 Å². The van der Waals surface area contributed by atoms with Gasteiger partial charge in [-0.1, -0.05) is 50.8 Å². The molecule has 0 fully saturated rings. The maximum atomic E-state index is 11.4. The summed E-state index contributed by atoms with van der Waals surface area (Å²) in [5.41, 5.74) is 2.13. The molecule has 2 nitrogen and oxygen atoms in total. The summed E-state index contributed by atoms with van der Waals surface area (Å²) in [6.07, 6.45) is 1.28. The fourth-order valence-electron chi connectivity index (χ4n) is 1.95. The predicted molar refractivity (Wildman–Crippen MR) is 76.9 cm³/mol. The van der Waals surface area contributed by atoms with Crippen molar-refractivity contribution < 1.29 is 4.79 Å². The third-order valence-corrected chi connectivity index (χ3v) is 3.01. The van der Waals surface area contributed by atoms with Gasteiger partial charge in [-0.2, -0.15) is 0 Å².